The molecule has 1 nitrogen and oxygen atoms in total. The van der Waals surface area contributed by atoms with Gasteiger partial charge in [0.1, 0.15) is 0 Å². The lowest BCUT2D eigenvalue weighted by Crippen LogP contribution is -2.39. The van der Waals surface area contributed by atoms with Crippen LogP contribution in [0.1, 0.15) is 12.8 Å². The molecule has 0 saturated carbocycles. The molecule has 0 aromatic rings. The molecule has 0 N–H and O–H groups in total. The minimum absolute atomic E-state index is 0.906. The maximum absolute atomic E-state index is 2.55. The van der Waals surface area contributed by atoms with Gasteiger partial charge in [-0.2, -0.15) is 11.8 Å². The van der Waals surface area contributed by atoms with Gasteiger partial charge in [-0.25, -0.2) is 0 Å². The van der Waals surface area contributed by atoms with E-state index in [4.69, 9.17) is 0 Å². The van der Waals surface area contributed by atoms with Crippen molar-refractivity contribution in [2.75, 3.05) is 25.1 Å². The monoisotopic (exact) mass is 157 g/mol. The maximum atomic E-state index is 2.55. The maximum Gasteiger partial charge on any atom is 0.0183 e. The van der Waals surface area contributed by atoms with E-state index < -0.39 is 0 Å². The average molecular weight is 157 g/mol. The summed E-state index contributed by atoms with van der Waals surface area (Å²) in [5.74, 6) is 3.81. The van der Waals surface area contributed by atoms with E-state index in [0.717, 1.165) is 12.0 Å². The van der Waals surface area contributed by atoms with Gasteiger partial charge in [-0.3, -0.25) is 0 Å². The zero-order chi connectivity index (χ0) is 6.97. The second-order valence-corrected chi connectivity index (χ2v) is 4.65. The highest BCUT2D eigenvalue weighted by Crippen LogP contribution is 2.30. The molecular weight excluding hydrogens is 142 g/mol. The minimum atomic E-state index is 0.906. The molecule has 0 amide bonds. The number of nitrogens with zero attached hydrogens (tertiary/aromatic N) is 1. The van der Waals surface area contributed by atoms with Crippen LogP contribution in [0.4, 0.5) is 0 Å². The Hall–Kier alpha value is 0.310. The molecule has 3 aliphatic heterocycles. The Bertz CT molecular complexity index is 122. The summed E-state index contributed by atoms with van der Waals surface area (Å²) in [6, 6.07) is 0.906. The summed E-state index contributed by atoms with van der Waals surface area (Å²) in [5, 5.41) is 0. The van der Waals surface area contributed by atoms with E-state index >= 15 is 0 Å². The molecule has 0 aromatic carbocycles. The lowest BCUT2D eigenvalue weighted by Gasteiger charge is -2.32. The van der Waals surface area contributed by atoms with Gasteiger partial charge in [0, 0.05) is 18.3 Å². The fourth-order valence-corrected chi connectivity index (χ4v) is 3.45. The fraction of sp³-hybridized carbons (Fsp3) is 1.00. The fourth-order valence-electron chi connectivity index (χ4n) is 2.01. The summed E-state index contributed by atoms with van der Waals surface area (Å²) in [5.41, 5.74) is 0. The molecular formula is C8H15NS. The van der Waals surface area contributed by atoms with Crippen molar-refractivity contribution >= 4 is 11.8 Å². The Morgan fingerprint density at radius 1 is 1.30 bits per heavy atom. The minimum Gasteiger partial charge on any atom is -0.302 e. The first-order valence-electron chi connectivity index (χ1n) is 4.14. The molecule has 0 aliphatic carbocycles. The predicted molar refractivity (Wildman–Crippen MR) is 46.5 cm³/mol. The molecule has 0 aromatic heterocycles. The van der Waals surface area contributed by atoms with Crippen LogP contribution in [0.15, 0.2) is 0 Å². The van der Waals surface area contributed by atoms with E-state index in [1.807, 2.05) is 0 Å². The van der Waals surface area contributed by atoms with Gasteiger partial charge in [0.2, 0.25) is 0 Å². The van der Waals surface area contributed by atoms with E-state index in [1.165, 1.54) is 30.9 Å². The standard InChI is InChI=1S/C8H15NS/c1-9-4-7-2-3-8(9)6-10-5-7/h7-8H,2-6H2,1H3. The molecule has 3 fully saturated rings. The Kier molecular flexibility index (Phi) is 1.92. The normalized spacial score (nSPS) is 41.7. The highest BCUT2D eigenvalue weighted by Gasteiger charge is 2.28. The van der Waals surface area contributed by atoms with Gasteiger partial charge >= 0.3 is 0 Å². The van der Waals surface area contributed by atoms with Crippen LogP contribution in [0.3, 0.4) is 0 Å². The second kappa shape index (κ2) is 2.74. The molecule has 2 unspecified atom stereocenters. The molecule has 0 radical (unpaired) electrons. The predicted octanol–water partition coefficient (Wildman–Crippen LogP) is 1.44. The largest absolute Gasteiger partial charge is 0.302 e. The van der Waals surface area contributed by atoms with Crippen LogP contribution in [0.25, 0.3) is 0 Å². The summed E-state index contributed by atoms with van der Waals surface area (Å²) in [7, 11) is 2.28. The van der Waals surface area contributed by atoms with Crippen LogP contribution < -0.4 is 0 Å². The highest BCUT2D eigenvalue weighted by molar-refractivity contribution is 7.99. The average Bonchev–Trinajstić information content (AvgIpc) is 2.20. The number of hydrogen-bond donors (Lipinski definition) is 0. The molecule has 2 bridgehead atoms. The molecule has 0 spiro atoms. The van der Waals surface area contributed by atoms with Gasteiger partial charge in [-0.05, 0) is 31.6 Å². The van der Waals surface area contributed by atoms with E-state index in [9.17, 15) is 0 Å². The van der Waals surface area contributed by atoms with Crippen LogP contribution in [0.2, 0.25) is 0 Å². The number of rotatable bonds is 0. The first-order valence-corrected chi connectivity index (χ1v) is 5.29. The number of hydrogen-bond acceptors (Lipinski definition) is 2. The van der Waals surface area contributed by atoms with E-state index in [1.54, 1.807) is 0 Å². The van der Waals surface area contributed by atoms with Crippen molar-refractivity contribution in [2.24, 2.45) is 5.92 Å². The zero-order valence-corrected chi connectivity index (χ0v) is 7.36. The zero-order valence-electron chi connectivity index (χ0n) is 6.55. The first kappa shape index (κ1) is 6.99. The van der Waals surface area contributed by atoms with Crippen molar-refractivity contribution in [3.05, 3.63) is 0 Å². The first-order chi connectivity index (χ1) is 4.86. The van der Waals surface area contributed by atoms with E-state index in [0.29, 0.717) is 0 Å². The molecule has 3 heterocycles. The Morgan fingerprint density at radius 2 is 2.20 bits per heavy atom. The van der Waals surface area contributed by atoms with E-state index in [2.05, 4.69) is 23.7 Å². The number of piperidine rings is 1. The van der Waals surface area contributed by atoms with Crippen LogP contribution in [-0.2, 0) is 0 Å². The lowest BCUT2D eigenvalue weighted by atomic mass is 9.96. The van der Waals surface area contributed by atoms with Crippen molar-refractivity contribution in [3.8, 4) is 0 Å². The van der Waals surface area contributed by atoms with E-state index in [-0.39, 0.29) is 0 Å². The summed E-state index contributed by atoms with van der Waals surface area (Å²) in [6.45, 7) is 1.36. The molecule has 10 heavy (non-hydrogen) atoms. The van der Waals surface area contributed by atoms with Crippen LogP contribution >= 0.6 is 11.8 Å². The Morgan fingerprint density at radius 3 is 3.00 bits per heavy atom. The third-order valence-electron chi connectivity index (χ3n) is 2.74. The molecule has 3 saturated heterocycles. The molecule has 3 rings (SSSR count). The number of thioether (sulfide) groups is 1. The smallest absolute Gasteiger partial charge is 0.0183 e. The second-order valence-electron chi connectivity index (χ2n) is 3.57. The van der Waals surface area contributed by atoms with Crippen molar-refractivity contribution < 1.29 is 0 Å². The summed E-state index contributed by atoms with van der Waals surface area (Å²) < 4.78 is 0. The third kappa shape index (κ3) is 1.19. The van der Waals surface area contributed by atoms with Crippen LogP contribution in [0, 0.1) is 5.92 Å². The molecule has 2 atom stereocenters. The van der Waals surface area contributed by atoms with Gasteiger partial charge < -0.3 is 4.90 Å². The number of fused-ring (bicyclic) bond motifs is 4. The molecule has 2 heteroatoms. The Balaban J connectivity index is 2.07. The van der Waals surface area contributed by atoms with Crippen molar-refractivity contribution in [1.29, 1.82) is 0 Å². The Labute approximate surface area is 67.2 Å². The summed E-state index contributed by atoms with van der Waals surface area (Å²) >= 11 is 2.16. The van der Waals surface area contributed by atoms with Gasteiger partial charge in [0.25, 0.3) is 0 Å². The van der Waals surface area contributed by atoms with Crippen LogP contribution in [0.5, 0.6) is 0 Å². The van der Waals surface area contributed by atoms with Gasteiger partial charge in [0.05, 0.1) is 0 Å². The van der Waals surface area contributed by atoms with Crippen molar-refractivity contribution in [2.45, 2.75) is 18.9 Å². The van der Waals surface area contributed by atoms with Crippen LogP contribution in [-0.4, -0.2) is 36.0 Å². The van der Waals surface area contributed by atoms with Crippen molar-refractivity contribution in [1.82, 2.24) is 4.90 Å². The van der Waals surface area contributed by atoms with Gasteiger partial charge in [-0.1, -0.05) is 0 Å². The molecule has 3 aliphatic rings. The van der Waals surface area contributed by atoms with Gasteiger partial charge in [0.15, 0.2) is 0 Å². The highest BCUT2D eigenvalue weighted by atomic mass is 32.2. The van der Waals surface area contributed by atoms with Gasteiger partial charge in [-0.15, -0.1) is 0 Å². The quantitative estimate of drug-likeness (QED) is 0.523. The van der Waals surface area contributed by atoms with Crippen molar-refractivity contribution in [3.63, 3.8) is 0 Å². The topological polar surface area (TPSA) is 3.24 Å². The third-order valence-corrected chi connectivity index (χ3v) is 4.07. The SMILES string of the molecule is CN1CC2CCC1CSC2. The molecule has 58 valence electrons. The summed E-state index contributed by atoms with van der Waals surface area (Å²) in [4.78, 5) is 2.55. The summed E-state index contributed by atoms with van der Waals surface area (Å²) in [6.07, 6.45) is 2.94. The lowest BCUT2D eigenvalue weighted by molar-refractivity contribution is 0.169.